The lowest BCUT2D eigenvalue weighted by molar-refractivity contribution is -0.0430. The highest BCUT2D eigenvalue weighted by Crippen LogP contribution is 2.33. The quantitative estimate of drug-likeness (QED) is 0.817. The summed E-state index contributed by atoms with van der Waals surface area (Å²) in [5, 5.41) is 0. The van der Waals surface area contributed by atoms with E-state index in [0.717, 1.165) is 30.5 Å². The van der Waals surface area contributed by atoms with Crippen molar-refractivity contribution < 1.29 is 4.74 Å². The highest BCUT2D eigenvalue weighted by Gasteiger charge is 2.37. The summed E-state index contributed by atoms with van der Waals surface area (Å²) in [6.07, 6.45) is 11.3. The van der Waals surface area contributed by atoms with Crippen LogP contribution in [0.25, 0.3) is 0 Å². The van der Waals surface area contributed by atoms with Crippen LogP contribution in [0.1, 0.15) is 44.1 Å². The molecule has 1 saturated carbocycles. The fourth-order valence-corrected chi connectivity index (χ4v) is 3.08. The van der Waals surface area contributed by atoms with Gasteiger partial charge in [-0.15, -0.1) is 0 Å². The average Bonchev–Trinajstić information content (AvgIpc) is 2.67. The van der Waals surface area contributed by atoms with Crippen LogP contribution in [-0.4, -0.2) is 23.7 Å². The van der Waals surface area contributed by atoms with Gasteiger partial charge in [0.15, 0.2) is 0 Å². The van der Waals surface area contributed by atoms with Crippen molar-refractivity contribution in [2.75, 3.05) is 12.8 Å². The van der Waals surface area contributed by atoms with Gasteiger partial charge in [0.1, 0.15) is 0 Å². The molecule has 1 aromatic rings. The maximum atomic E-state index is 6.46. The molecule has 4 heteroatoms. The summed E-state index contributed by atoms with van der Waals surface area (Å²) in [6, 6.07) is 1.80. The molecule has 0 aliphatic heterocycles. The Hall–Kier alpha value is -1.13. The van der Waals surface area contributed by atoms with E-state index in [1.807, 2.05) is 12.3 Å². The molecule has 106 valence electrons. The van der Waals surface area contributed by atoms with Gasteiger partial charge in [-0.25, -0.2) is 0 Å². The standard InChI is InChI=1S/C15H25N3O/c1-19-15(7-4-2-3-5-8-15)14(17)10-12-11-18-9-6-13(12)16/h6,9,11,14H,2-5,7-8,10,17H2,1H3,(H2,16,18). The Kier molecular flexibility index (Phi) is 4.77. The number of methoxy groups -OCH3 is 1. The van der Waals surface area contributed by atoms with Crippen molar-refractivity contribution in [1.29, 1.82) is 0 Å². The fraction of sp³-hybridized carbons (Fsp3) is 0.667. The number of ether oxygens (including phenoxy) is 1. The van der Waals surface area contributed by atoms with E-state index in [1.165, 1.54) is 25.7 Å². The second kappa shape index (κ2) is 6.35. The molecule has 1 aromatic heterocycles. The molecule has 0 aromatic carbocycles. The van der Waals surface area contributed by atoms with E-state index in [1.54, 1.807) is 13.3 Å². The third-order valence-corrected chi connectivity index (χ3v) is 4.41. The summed E-state index contributed by atoms with van der Waals surface area (Å²) in [5.41, 5.74) is 14.0. The summed E-state index contributed by atoms with van der Waals surface area (Å²) in [6.45, 7) is 0. The molecule has 4 N–H and O–H groups in total. The minimum absolute atomic E-state index is 0.0258. The van der Waals surface area contributed by atoms with Crippen molar-refractivity contribution in [3.63, 3.8) is 0 Å². The van der Waals surface area contributed by atoms with Crippen molar-refractivity contribution >= 4 is 5.69 Å². The first-order chi connectivity index (χ1) is 9.18. The molecule has 1 heterocycles. The van der Waals surface area contributed by atoms with Crippen LogP contribution in [0.2, 0.25) is 0 Å². The highest BCUT2D eigenvalue weighted by molar-refractivity contribution is 5.44. The van der Waals surface area contributed by atoms with E-state index in [4.69, 9.17) is 16.2 Å². The molecular weight excluding hydrogens is 238 g/mol. The molecule has 1 aliphatic rings. The number of nitrogens with zero attached hydrogens (tertiary/aromatic N) is 1. The number of hydrogen-bond donors (Lipinski definition) is 2. The van der Waals surface area contributed by atoms with Gasteiger partial charge in [0, 0.05) is 31.2 Å². The van der Waals surface area contributed by atoms with Gasteiger partial charge in [-0.3, -0.25) is 4.98 Å². The van der Waals surface area contributed by atoms with Crippen LogP contribution in [0.15, 0.2) is 18.5 Å². The van der Waals surface area contributed by atoms with Crippen molar-refractivity contribution in [3.8, 4) is 0 Å². The second-order valence-corrected chi connectivity index (χ2v) is 5.57. The van der Waals surface area contributed by atoms with Gasteiger partial charge in [0.05, 0.1) is 5.60 Å². The van der Waals surface area contributed by atoms with Crippen LogP contribution in [0, 0.1) is 0 Å². The molecule has 1 fully saturated rings. The predicted molar refractivity (Wildman–Crippen MR) is 77.8 cm³/mol. The first-order valence-corrected chi connectivity index (χ1v) is 7.17. The number of hydrogen-bond acceptors (Lipinski definition) is 4. The number of aromatic nitrogens is 1. The number of rotatable bonds is 4. The molecule has 1 aliphatic carbocycles. The Balaban J connectivity index is 2.12. The lowest BCUT2D eigenvalue weighted by atomic mass is 9.83. The number of nitrogens with two attached hydrogens (primary N) is 2. The average molecular weight is 263 g/mol. The van der Waals surface area contributed by atoms with Gasteiger partial charge in [0.25, 0.3) is 0 Å². The van der Waals surface area contributed by atoms with Crippen LogP contribution in [0.5, 0.6) is 0 Å². The van der Waals surface area contributed by atoms with E-state index in [-0.39, 0.29) is 11.6 Å². The minimum Gasteiger partial charge on any atom is -0.398 e. The maximum Gasteiger partial charge on any atom is 0.0832 e. The second-order valence-electron chi connectivity index (χ2n) is 5.57. The van der Waals surface area contributed by atoms with Crippen molar-refractivity contribution in [2.24, 2.45) is 5.73 Å². The van der Waals surface area contributed by atoms with E-state index < -0.39 is 0 Å². The van der Waals surface area contributed by atoms with Crippen LogP contribution in [0.3, 0.4) is 0 Å². The van der Waals surface area contributed by atoms with Crippen molar-refractivity contribution in [1.82, 2.24) is 4.98 Å². The van der Waals surface area contributed by atoms with Gasteiger partial charge in [-0.2, -0.15) is 0 Å². The molecule has 0 saturated heterocycles. The van der Waals surface area contributed by atoms with Crippen LogP contribution < -0.4 is 11.5 Å². The zero-order valence-electron chi connectivity index (χ0n) is 11.8. The highest BCUT2D eigenvalue weighted by atomic mass is 16.5. The molecular formula is C15H25N3O. The molecule has 0 amide bonds. The molecule has 1 atom stereocenters. The Labute approximate surface area is 115 Å². The van der Waals surface area contributed by atoms with E-state index in [0.29, 0.717) is 0 Å². The monoisotopic (exact) mass is 263 g/mol. The molecule has 1 unspecified atom stereocenters. The van der Waals surface area contributed by atoms with Gasteiger partial charge in [-0.05, 0) is 30.9 Å². The largest absolute Gasteiger partial charge is 0.398 e. The Morgan fingerprint density at radius 1 is 1.32 bits per heavy atom. The zero-order valence-corrected chi connectivity index (χ0v) is 11.8. The van der Waals surface area contributed by atoms with Crippen LogP contribution in [-0.2, 0) is 11.2 Å². The fourth-order valence-electron chi connectivity index (χ4n) is 3.08. The summed E-state index contributed by atoms with van der Waals surface area (Å²) in [5.74, 6) is 0. The summed E-state index contributed by atoms with van der Waals surface area (Å²) in [4.78, 5) is 4.13. The first kappa shape index (κ1) is 14.3. The third-order valence-electron chi connectivity index (χ3n) is 4.41. The van der Waals surface area contributed by atoms with Crippen LogP contribution >= 0.6 is 0 Å². The summed E-state index contributed by atoms with van der Waals surface area (Å²) >= 11 is 0. The molecule has 4 nitrogen and oxygen atoms in total. The molecule has 0 radical (unpaired) electrons. The lowest BCUT2D eigenvalue weighted by Gasteiger charge is -2.37. The Morgan fingerprint density at radius 3 is 2.58 bits per heavy atom. The number of anilines is 1. The zero-order chi connectivity index (χ0) is 13.7. The van der Waals surface area contributed by atoms with Crippen molar-refractivity contribution in [2.45, 2.75) is 56.6 Å². The topological polar surface area (TPSA) is 74.2 Å². The molecule has 2 rings (SSSR count). The van der Waals surface area contributed by atoms with Gasteiger partial charge >= 0.3 is 0 Å². The third kappa shape index (κ3) is 3.25. The summed E-state index contributed by atoms with van der Waals surface area (Å²) in [7, 11) is 1.79. The van der Waals surface area contributed by atoms with E-state index in [9.17, 15) is 0 Å². The minimum atomic E-state index is -0.196. The van der Waals surface area contributed by atoms with Gasteiger partial charge in [0.2, 0.25) is 0 Å². The predicted octanol–water partition coefficient (Wildman–Crippen LogP) is 2.27. The van der Waals surface area contributed by atoms with E-state index in [2.05, 4.69) is 4.98 Å². The Morgan fingerprint density at radius 2 is 2.00 bits per heavy atom. The van der Waals surface area contributed by atoms with Crippen LogP contribution in [0.4, 0.5) is 5.69 Å². The van der Waals surface area contributed by atoms with Gasteiger partial charge < -0.3 is 16.2 Å². The molecule has 0 bridgehead atoms. The Bertz CT molecular complexity index is 400. The normalized spacial score (nSPS) is 20.7. The number of nitrogen functional groups attached to an aromatic ring is 1. The molecule has 19 heavy (non-hydrogen) atoms. The summed E-state index contributed by atoms with van der Waals surface area (Å²) < 4.78 is 5.85. The SMILES string of the molecule is COC1(C(N)Cc2cnccc2N)CCCCCC1. The van der Waals surface area contributed by atoms with Crippen molar-refractivity contribution in [3.05, 3.63) is 24.0 Å². The van der Waals surface area contributed by atoms with Gasteiger partial charge in [-0.1, -0.05) is 25.7 Å². The first-order valence-electron chi connectivity index (χ1n) is 7.17. The lowest BCUT2D eigenvalue weighted by Crippen LogP contribution is -2.50. The maximum absolute atomic E-state index is 6.46. The smallest absolute Gasteiger partial charge is 0.0832 e. The molecule has 0 spiro atoms. The van der Waals surface area contributed by atoms with E-state index >= 15 is 0 Å². The number of pyridine rings is 1.